The van der Waals surface area contributed by atoms with Crippen LogP contribution in [-0.4, -0.2) is 56.7 Å². The van der Waals surface area contributed by atoms with Crippen LogP contribution in [0, 0.1) is 0 Å². The Bertz CT molecular complexity index is 544. The van der Waals surface area contributed by atoms with E-state index in [0.29, 0.717) is 13.0 Å². The van der Waals surface area contributed by atoms with Crippen molar-refractivity contribution in [2.24, 2.45) is 4.99 Å². The number of aliphatic imine (C=N–C) groups is 1. The molecule has 0 aliphatic heterocycles. The molecule has 0 spiro atoms. The van der Waals surface area contributed by atoms with Crippen LogP contribution in [0.15, 0.2) is 35.3 Å². The highest BCUT2D eigenvalue weighted by Gasteiger charge is 2.17. The molecule has 6 nitrogen and oxygen atoms in total. The summed E-state index contributed by atoms with van der Waals surface area (Å²) in [5.41, 5.74) is 1.29. The van der Waals surface area contributed by atoms with E-state index in [1.807, 2.05) is 6.07 Å². The molecule has 152 valence electrons. The molecule has 6 heteroatoms. The lowest BCUT2D eigenvalue weighted by Crippen LogP contribution is -2.39. The molecule has 1 atom stereocenters. The summed E-state index contributed by atoms with van der Waals surface area (Å²) < 4.78 is 4.67. The predicted molar refractivity (Wildman–Crippen MR) is 112 cm³/mol. The summed E-state index contributed by atoms with van der Waals surface area (Å²) in [6.45, 7) is 10.7. The Hall–Kier alpha value is -2.08. The van der Waals surface area contributed by atoms with Crippen LogP contribution in [0.5, 0.6) is 0 Å². The third-order valence-corrected chi connectivity index (χ3v) is 4.53. The summed E-state index contributed by atoms with van der Waals surface area (Å²) >= 11 is 0. The van der Waals surface area contributed by atoms with Crippen LogP contribution in [0.1, 0.15) is 51.6 Å². The van der Waals surface area contributed by atoms with Crippen molar-refractivity contribution in [1.29, 1.82) is 0 Å². The molecule has 0 saturated carbocycles. The highest BCUT2D eigenvalue weighted by atomic mass is 16.5. The van der Waals surface area contributed by atoms with Crippen molar-refractivity contribution in [2.75, 3.05) is 39.8 Å². The zero-order valence-electron chi connectivity index (χ0n) is 17.3. The maximum atomic E-state index is 11.2. The number of guanidine groups is 1. The largest absolute Gasteiger partial charge is 0.469 e. The van der Waals surface area contributed by atoms with Gasteiger partial charge in [-0.3, -0.25) is 14.7 Å². The molecule has 0 aromatic heterocycles. The molecule has 0 aliphatic carbocycles. The second-order valence-corrected chi connectivity index (χ2v) is 6.33. The number of methoxy groups -OCH3 is 1. The fraction of sp³-hybridized carbons (Fsp3) is 0.619. The summed E-state index contributed by atoms with van der Waals surface area (Å²) in [6.07, 6.45) is 2.17. The first-order chi connectivity index (χ1) is 13.2. The molecule has 0 fully saturated rings. The highest BCUT2D eigenvalue weighted by Crippen LogP contribution is 2.20. The number of hydrogen-bond donors (Lipinski definition) is 2. The van der Waals surface area contributed by atoms with Gasteiger partial charge >= 0.3 is 5.97 Å². The SMILES string of the molecule is CCNC(=NCC(c1ccccc1)N(CC)CC)NCCCCC(=O)OC. The van der Waals surface area contributed by atoms with Crippen molar-refractivity contribution >= 4 is 11.9 Å². The molecule has 1 rings (SSSR count). The molecule has 1 aromatic rings. The maximum absolute atomic E-state index is 11.2. The summed E-state index contributed by atoms with van der Waals surface area (Å²) in [4.78, 5) is 18.4. The Morgan fingerprint density at radius 2 is 1.81 bits per heavy atom. The van der Waals surface area contributed by atoms with Crippen molar-refractivity contribution < 1.29 is 9.53 Å². The van der Waals surface area contributed by atoms with Crippen molar-refractivity contribution in [2.45, 2.75) is 46.1 Å². The lowest BCUT2D eigenvalue weighted by atomic mass is 10.1. The molecule has 0 aliphatic rings. The molecule has 0 saturated heterocycles. The van der Waals surface area contributed by atoms with E-state index in [1.165, 1.54) is 12.7 Å². The standard InChI is InChI=1S/C21H36N4O2/c1-5-22-21(23-16-12-11-15-20(26)27-4)24-17-19(25(6-2)7-3)18-13-9-8-10-14-18/h8-10,13-14,19H,5-7,11-12,15-17H2,1-4H3,(H2,22,23,24). The minimum Gasteiger partial charge on any atom is -0.469 e. The molecule has 0 bridgehead atoms. The fourth-order valence-electron chi connectivity index (χ4n) is 2.99. The van der Waals surface area contributed by atoms with Gasteiger partial charge in [-0.1, -0.05) is 44.2 Å². The summed E-state index contributed by atoms with van der Waals surface area (Å²) in [5, 5.41) is 6.67. The van der Waals surface area contributed by atoms with E-state index in [1.54, 1.807) is 0 Å². The average Bonchev–Trinajstić information content (AvgIpc) is 2.71. The van der Waals surface area contributed by atoms with Gasteiger partial charge in [0.25, 0.3) is 0 Å². The predicted octanol–water partition coefficient (Wildman–Crippen LogP) is 2.97. The normalized spacial score (nSPS) is 12.7. The molecule has 0 amide bonds. The smallest absolute Gasteiger partial charge is 0.305 e. The van der Waals surface area contributed by atoms with Crippen LogP contribution in [-0.2, 0) is 9.53 Å². The van der Waals surface area contributed by atoms with Gasteiger partial charge in [-0.05, 0) is 38.4 Å². The Morgan fingerprint density at radius 3 is 2.41 bits per heavy atom. The summed E-state index contributed by atoms with van der Waals surface area (Å²) in [7, 11) is 1.43. The van der Waals surface area contributed by atoms with Crippen LogP contribution >= 0.6 is 0 Å². The van der Waals surface area contributed by atoms with Crippen molar-refractivity contribution in [1.82, 2.24) is 15.5 Å². The van der Waals surface area contributed by atoms with E-state index in [9.17, 15) is 4.79 Å². The number of ether oxygens (including phenoxy) is 1. The van der Waals surface area contributed by atoms with E-state index in [2.05, 4.69) is 65.3 Å². The van der Waals surface area contributed by atoms with Gasteiger partial charge in [-0.2, -0.15) is 0 Å². The second kappa shape index (κ2) is 14.0. The monoisotopic (exact) mass is 376 g/mol. The molecule has 27 heavy (non-hydrogen) atoms. The van der Waals surface area contributed by atoms with Crippen LogP contribution in [0.2, 0.25) is 0 Å². The van der Waals surface area contributed by atoms with Gasteiger partial charge in [0, 0.05) is 19.5 Å². The number of nitrogens with zero attached hydrogens (tertiary/aromatic N) is 2. The van der Waals surface area contributed by atoms with Crippen LogP contribution in [0.25, 0.3) is 0 Å². The molecule has 2 N–H and O–H groups in total. The van der Waals surface area contributed by atoms with Crippen LogP contribution in [0.3, 0.4) is 0 Å². The van der Waals surface area contributed by atoms with Gasteiger partial charge in [0.15, 0.2) is 5.96 Å². The zero-order valence-corrected chi connectivity index (χ0v) is 17.3. The lowest BCUT2D eigenvalue weighted by molar-refractivity contribution is -0.140. The summed E-state index contributed by atoms with van der Waals surface area (Å²) in [5.74, 6) is 0.671. The molecule has 0 radical (unpaired) electrons. The second-order valence-electron chi connectivity index (χ2n) is 6.33. The van der Waals surface area contributed by atoms with Crippen molar-refractivity contribution in [3.8, 4) is 0 Å². The minimum absolute atomic E-state index is 0.152. The highest BCUT2D eigenvalue weighted by molar-refractivity contribution is 5.79. The van der Waals surface area contributed by atoms with Gasteiger partial charge < -0.3 is 15.4 Å². The quantitative estimate of drug-likeness (QED) is 0.254. The van der Waals surface area contributed by atoms with Gasteiger partial charge in [-0.25, -0.2) is 0 Å². The minimum atomic E-state index is -0.152. The third kappa shape index (κ3) is 8.91. The number of rotatable bonds is 12. The Balaban J connectivity index is 2.66. The molecular formula is C21H36N4O2. The Labute approximate surface area is 164 Å². The lowest BCUT2D eigenvalue weighted by Gasteiger charge is -2.29. The number of nitrogens with one attached hydrogen (secondary N) is 2. The van der Waals surface area contributed by atoms with E-state index in [-0.39, 0.29) is 12.0 Å². The van der Waals surface area contributed by atoms with Crippen molar-refractivity contribution in [3.63, 3.8) is 0 Å². The number of hydrogen-bond acceptors (Lipinski definition) is 4. The zero-order chi connectivity index (χ0) is 19.9. The number of carbonyl (C=O) groups excluding carboxylic acids is 1. The molecule has 1 aromatic carbocycles. The molecule has 1 unspecified atom stereocenters. The van der Waals surface area contributed by atoms with Gasteiger partial charge in [0.2, 0.25) is 0 Å². The van der Waals surface area contributed by atoms with Gasteiger partial charge in [0.05, 0.1) is 19.7 Å². The third-order valence-electron chi connectivity index (χ3n) is 4.53. The van der Waals surface area contributed by atoms with E-state index >= 15 is 0 Å². The first-order valence-corrected chi connectivity index (χ1v) is 10.0. The molecular weight excluding hydrogens is 340 g/mol. The number of benzene rings is 1. The first kappa shape index (κ1) is 23.0. The van der Waals surface area contributed by atoms with Crippen LogP contribution < -0.4 is 10.6 Å². The van der Waals surface area contributed by atoms with Gasteiger partial charge in [0.1, 0.15) is 0 Å². The van der Waals surface area contributed by atoms with E-state index in [0.717, 1.165) is 45.0 Å². The number of unbranched alkanes of at least 4 members (excludes halogenated alkanes) is 1. The van der Waals surface area contributed by atoms with Gasteiger partial charge in [-0.15, -0.1) is 0 Å². The maximum Gasteiger partial charge on any atom is 0.305 e. The topological polar surface area (TPSA) is 66.0 Å². The van der Waals surface area contributed by atoms with E-state index < -0.39 is 0 Å². The summed E-state index contributed by atoms with van der Waals surface area (Å²) in [6, 6.07) is 10.8. The molecule has 0 heterocycles. The fourth-order valence-corrected chi connectivity index (χ4v) is 2.99. The van der Waals surface area contributed by atoms with E-state index in [4.69, 9.17) is 4.99 Å². The number of likely N-dealkylation sites (N-methyl/N-ethyl adjacent to an activating group) is 1. The average molecular weight is 377 g/mol. The van der Waals surface area contributed by atoms with Crippen LogP contribution in [0.4, 0.5) is 0 Å². The number of esters is 1. The Morgan fingerprint density at radius 1 is 1.11 bits per heavy atom. The Kier molecular flexibility index (Phi) is 11.9. The van der Waals surface area contributed by atoms with Crippen molar-refractivity contribution in [3.05, 3.63) is 35.9 Å². The first-order valence-electron chi connectivity index (χ1n) is 10.0. The number of carbonyl (C=O) groups is 1.